The molecule has 0 radical (unpaired) electrons. The molecule has 0 amide bonds. The van der Waals surface area contributed by atoms with Crippen LogP contribution < -0.4 is 5.73 Å². The summed E-state index contributed by atoms with van der Waals surface area (Å²) in [6, 6.07) is -0.590. The van der Waals surface area contributed by atoms with Gasteiger partial charge in [0.2, 0.25) is 0 Å². The van der Waals surface area contributed by atoms with Crippen LogP contribution in [-0.2, 0) is 19.0 Å². The first kappa shape index (κ1) is 12.3. The van der Waals surface area contributed by atoms with E-state index in [1.54, 1.807) is 7.11 Å². The molecule has 0 aromatic heterocycles. The van der Waals surface area contributed by atoms with Crippen LogP contribution in [0.1, 0.15) is 6.42 Å². The molecule has 5 nitrogen and oxygen atoms in total. The van der Waals surface area contributed by atoms with Gasteiger partial charge < -0.3 is 19.9 Å². The number of rotatable bonds is 7. The molecule has 0 aliphatic heterocycles. The van der Waals surface area contributed by atoms with Gasteiger partial charge in [-0.3, -0.25) is 4.79 Å². The Bertz CT molecular complexity index is 140. The smallest absolute Gasteiger partial charge is 0.322 e. The maximum atomic E-state index is 10.8. The Labute approximate surface area is 78.1 Å². The second-order valence-corrected chi connectivity index (χ2v) is 2.52. The molecule has 5 heteroatoms. The number of hydrogen-bond acceptors (Lipinski definition) is 5. The van der Waals surface area contributed by atoms with E-state index in [0.29, 0.717) is 26.2 Å². The lowest BCUT2D eigenvalue weighted by molar-refractivity contribution is -0.142. The van der Waals surface area contributed by atoms with Crippen molar-refractivity contribution in [3.8, 4) is 0 Å². The highest BCUT2D eigenvalue weighted by molar-refractivity contribution is 5.75. The summed E-state index contributed by atoms with van der Waals surface area (Å²) in [6.07, 6.45) is 0.469. The molecular weight excluding hydrogens is 174 g/mol. The highest BCUT2D eigenvalue weighted by atomic mass is 16.5. The average molecular weight is 191 g/mol. The van der Waals surface area contributed by atoms with Crippen LogP contribution in [0.15, 0.2) is 0 Å². The summed E-state index contributed by atoms with van der Waals surface area (Å²) in [5, 5.41) is 0. The maximum Gasteiger partial charge on any atom is 0.322 e. The monoisotopic (exact) mass is 191 g/mol. The molecule has 0 saturated carbocycles. The highest BCUT2D eigenvalue weighted by Gasteiger charge is 2.12. The van der Waals surface area contributed by atoms with Crippen molar-refractivity contribution in [2.75, 3.05) is 34.0 Å². The van der Waals surface area contributed by atoms with Crippen molar-refractivity contribution in [2.45, 2.75) is 12.5 Å². The molecule has 0 heterocycles. The van der Waals surface area contributed by atoms with Gasteiger partial charge in [0.25, 0.3) is 0 Å². The van der Waals surface area contributed by atoms with E-state index in [1.165, 1.54) is 7.11 Å². The molecule has 0 rings (SSSR count). The SMILES string of the molecule is COCCOCCC(N)C(=O)OC. The summed E-state index contributed by atoms with van der Waals surface area (Å²) in [4.78, 5) is 10.8. The van der Waals surface area contributed by atoms with Crippen molar-refractivity contribution in [1.82, 2.24) is 0 Å². The van der Waals surface area contributed by atoms with Gasteiger partial charge in [-0.15, -0.1) is 0 Å². The van der Waals surface area contributed by atoms with E-state index in [9.17, 15) is 4.79 Å². The zero-order valence-corrected chi connectivity index (χ0v) is 8.12. The molecule has 0 spiro atoms. The fourth-order valence-electron chi connectivity index (χ4n) is 0.724. The molecule has 0 bridgehead atoms. The van der Waals surface area contributed by atoms with Gasteiger partial charge in [-0.05, 0) is 6.42 Å². The number of carbonyl (C=O) groups is 1. The Kier molecular flexibility index (Phi) is 7.57. The van der Waals surface area contributed by atoms with Gasteiger partial charge in [0.05, 0.1) is 20.3 Å². The van der Waals surface area contributed by atoms with Gasteiger partial charge in [0, 0.05) is 13.7 Å². The Morgan fingerprint density at radius 3 is 2.54 bits per heavy atom. The number of nitrogens with two attached hydrogens (primary N) is 1. The van der Waals surface area contributed by atoms with Crippen molar-refractivity contribution >= 4 is 5.97 Å². The molecule has 0 aromatic rings. The molecular formula is C8H17NO4. The van der Waals surface area contributed by atoms with Gasteiger partial charge >= 0.3 is 5.97 Å². The molecule has 13 heavy (non-hydrogen) atoms. The number of hydrogen-bond donors (Lipinski definition) is 1. The number of carbonyl (C=O) groups excluding carboxylic acids is 1. The largest absolute Gasteiger partial charge is 0.468 e. The highest BCUT2D eigenvalue weighted by Crippen LogP contribution is 1.92. The van der Waals surface area contributed by atoms with Crippen LogP contribution in [0.25, 0.3) is 0 Å². The lowest BCUT2D eigenvalue weighted by atomic mass is 10.2. The summed E-state index contributed by atoms with van der Waals surface area (Å²) in [5.74, 6) is -0.407. The summed E-state index contributed by atoms with van der Waals surface area (Å²) in [5.41, 5.74) is 5.46. The lowest BCUT2D eigenvalue weighted by Crippen LogP contribution is -2.32. The standard InChI is InChI=1S/C8H17NO4/c1-11-5-6-13-4-3-7(9)8(10)12-2/h7H,3-6,9H2,1-2H3. The first-order valence-corrected chi connectivity index (χ1v) is 4.12. The second kappa shape index (κ2) is 7.97. The van der Waals surface area contributed by atoms with Crippen molar-refractivity contribution in [1.29, 1.82) is 0 Å². The van der Waals surface area contributed by atoms with E-state index in [2.05, 4.69) is 4.74 Å². The van der Waals surface area contributed by atoms with Gasteiger partial charge in [0.15, 0.2) is 0 Å². The van der Waals surface area contributed by atoms with E-state index in [0.717, 1.165) is 0 Å². The van der Waals surface area contributed by atoms with Crippen LogP contribution in [0.2, 0.25) is 0 Å². The maximum absolute atomic E-state index is 10.8. The fraction of sp³-hybridized carbons (Fsp3) is 0.875. The number of methoxy groups -OCH3 is 2. The molecule has 0 aromatic carbocycles. The number of esters is 1. The Morgan fingerprint density at radius 2 is 2.00 bits per heavy atom. The molecule has 0 aliphatic carbocycles. The quantitative estimate of drug-likeness (QED) is 0.435. The minimum absolute atomic E-state index is 0.407. The molecule has 0 aliphatic rings. The molecule has 1 atom stereocenters. The number of ether oxygens (including phenoxy) is 3. The Balaban J connectivity index is 3.26. The van der Waals surface area contributed by atoms with Gasteiger partial charge in [-0.1, -0.05) is 0 Å². The van der Waals surface area contributed by atoms with E-state index in [-0.39, 0.29) is 0 Å². The van der Waals surface area contributed by atoms with E-state index in [4.69, 9.17) is 15.2 Å². The predicted octanol–water partition coefficient (Wildman–Crippen LogP) is -0.460. The van der Waals surface area contributed by atoms with Crippen LogP contribution >= 0.6 is 0 Å². The lowest BCUT2D eigenvalue weighted by Gasteiger charge is -2.08. The summed E-state index contributed by atoms with van der Waals surface area (Å²) < 4.78 is 14.3. The zero-order valence-electron chi connectivity index (χ0n) is 8.12. The minimum atomic E-state index is -0.590. The van der Waals surface area contributed by atoms with Crippen LogP contribution in [0, 0.1) is 0 Å². The first-order chi connectivity index (χ1) is 6.22. The Morgan fingerprint density at radius 1 is 1.31 bits per heavy atom. The van der Waals surface area contributed by atoms with E-state index >= 15 is 0 Å². The van der Waals surface area contributed by atoms with Gasteiger partial charge in [-0.2, -0.15) is 0 Å². The normalized spacial score (nSPS) is 12.5. The zero-order chi connectivity index (χ0) is 10.1. The van der Waals surface area contributed by atoms with Crippen molar-refractivity contribution in [3.63, 3.8) is 0 Å². The molecule has 78 valence electrons. The molecule has 1 unspecified atom stereocenters. The predicted molar refractivity (Wildman–Crippen MR) is 47.3 cm³/mol. The van der Waals surface area contributed by atoms with Crippen LogP contribution in [0.5, 0.6) is 0 Å². The van der Waals surface area contributed by atoms with Gasteiger partial charge in [0.1, 0.15) is 6.04 Å². The summed E-state index contributed by atoms with van der Waals surface area (Å²) in [7, 11) is 2.91. The Hall–Kier alpha value is -0.650. The van der Waals surface area contributed by atoms with Gasteiger partial charge in [-0.25, -0.2) is 0 Å². The van der Waals surface area contributed by atoms with Crippen molar-refractivity contribution in [2.24, 2.45) is 5.73 Å². The molecule has 0 fully saturated rings. The van der Waals surface area contributed by atoms with Crippen LogP contribution in [0.4, 0.5) is 0 Å². The summed E-state index contributed by atoms with van der Waals surface area (Å²) >= 11 is 0. The fourth-order valence-corrected chi connectivity index (χ4v) is 0.724. The third-order valence-corrected chi connectivity index (χ3v) is 1.51. The minimum Gasteiger partial charge on any atom is -0.468 e. The van der Waals surface area contributed by atoms with Crippen molar-refractivity contribution < 1.29 is 19.0 Å². The topological polar surface area (TPSA) is 70.8 Å². The average Bonchev–Trinajstić information content (AvgIpc) is 2.16. The van der Waals surface area contributed by atoms with Crippen LogP contribution in [-0.4, -0.2) is 46.1 Å². The first-order valence-electron chi connectivity index (χ1n) is 4.12. The molecule has 0 saturated heterocycles. The second-order valence-electron chi connectivity index (χ2n) is 2.52. The molecule has 2 N–H and O–H groups in total. The summed E-state index contributed by atoms with van der Waals surface area (Å²) in [6.45, 7) is 1.51. The van der Waals surface area contributed by atoms with E-state index in [1.807, 2.05) is 0 Å². The van der Waals surface area contributed by atoms with Crippen LogP contribution in [0.3, 0.4) is 0 Å². The van der Waals surface area contributed by atoms with Crippen molar-refractivity contribution in [3.05, 3.63) is 0 Å². The third kappa shape index (κ3) is 6.51. The third-order valence-electron chi connectivity index (χ3n) is 1.51. The van der Waals surface area contributed by atoms with E-state index < -0.39 is 12.0 Å².